The fourth-order valence-electron chi connectivity index (χ4n) is 3.62. The van der Waals surface area contributed by atoms with E-state index in [4.69, 9.17) is 9.47 Å². The predicted octanol–water partition coefficient (Wildman–Crippen LogP) is 1.86. The van der Waals surface area contributed by atoms with E-state index in [0.717, 1.165) is 29.7 Å². The molecule has 2 aliphatic heterocycles. The predicted molar refractivity (Wildman–Crippen MR) is 110 cm³/mol. The SMILES string of the molecule is N#C[C@H](Cc1ccc(-c2ccc3c(c2)C(=O)CO3)cc1)NC(=O)[C@@H]1CNCCCO1. The van der Waals surface area contributed by atoms with E-state index in [-0.39, 0.29) is 18.3 Å². The summed E-state index contributed by atoms with van der Waals surface area (Å²) in [6, 6.07) is 14.9. The number of nitriles is 1. The van der Waals surface area contributed by atoms with Gasteiger partial charge in [-0.05, 0) is 41.8 Å². The largest absolute Gasteiger partial charge is 0.485 e. The maximum absolute atomic E-state index is 12.4. The van der Waals surface area contributed by atoms with Crippen molar-refractivity contribution in [3.63, 3.8) is 0 Å². The fraction of sp³-hybridized carbons (Fsp3) is 0.348. The van der Waals surface area contributed by atoms with Crippen LogP contribution in [0.2, 0.25) is 0 Å². The molecule has 7 heteroatoms. The summed E-state index contributed by atoms with van der Waals surface area (Å²) < 4.78 is 10.9. The van der Waals surface area contributed by atoms with Gasteiger partial charge < -0.3 is 20.1 Å². The van der Waals surface area contributed by atoms with E-state index >= 15 is 0 Å². The smallest absolute Gasteiger partial charge is 0.251 e. The number of carbonyl (C=O) groups is 2. The molecule has 1 fully saturated rings. The Morgan fingerprint density at radius 1 is 1.23 bits per heavy atom. The van der Waals surface area contributed by atoms with E-state index in [1.165, 1.54) is 0 Å². The first-order valence-corrected chi connectivity index (χ1v) is 10.1. The van der Waals surface area contributed by atoms with Crippen molar-refractivity contribution < 1.29 is 19.1 Å². The molecule has 0 radical (unpaired) electrons. The Morgan fingerprint density at radius 2 is 2.03 bits per heavy atom. The molecule has 2 aromatic rings. The molecular formula is C23H23N3O4. The van der Waals surface area contributed by atoms with E-state index < -0.39 is 12.1 Å². The second kappa shape index (κ2) is 9.08. The van der Waals surface area contributed by atoms with Crippen LogP contribution in [0.15, 0.2) is 42.5 Å². The number of hydrogen-bond acceptors (Lipinski definition) is 6. The van der Waals surface area contributed by atoms with Crippen molar-refractivity contribution >= 4 is 11.7 Å². The molecule has 0 saturated carbocycles. The average molecular weight is 405 g/mol. The van der Waals surface area contributed by atoms with Crippen molar-refractivity contribution in [2.45, 2.75) is 25.0 Å². The standard InChI is InChI=1S/C23H23N3O4/c24-12-18(26-23(28)22-13-25-8-1-9-29-22)10-15-2-4-16(5-3-15)17-6-7-21-19(11-17)20(27)14-30-21/h2-7,11,18,22,25H,1,8-10,13-14H2,(H,26,28)/t18-,22-/m0/s1. The number of rotatable bonds is 5. The van der Waals surface area contributed by atoms with Crippen LogP contribution in [0.3, 0.4) is 0 Å². The summed E-state index contributed by atoms with van der Waals surface area (Å²) in [7, 11) is 0. The lowest BCUT2D eigenvalue weighted by Gasteiger charge is -2.18. The number of ether oxygens (including phenoxy) is 2. The Labute approximate surface area is 175 Å². The molecular weight excluding hydrogens is 382 g/mol. The second-order valence-electron chi connectivity index (χ2n) is 7.43. The Balaban J connectivity index is 1.40. The Morgan fingerprint density at radius 3 is 2.83 bits per heavy atom. The summed E-state index contributed by atoms with van der Waals surface area (Å²) in [5.74, 6) is 0.349. The number of nitrogens with one attached hydrogen (secondary N) is 2. The van der Waals surface area contributed by atoms with E-state index in [0.29, 0.717) is 30.9 Å². The van der Waals surface area contributed by atoms with Crippen LogP contribution in [0, 0.1) is 11.3 Å². The summed E-state index contributed by atoms with van der Waals surface area (Å²) in [6.07, 6.45) is 0.694. The number of ketones is 1. The van der Waals surface area contributed by atoms with Crippen LogP contribution in [-0.4, -0.2) is 50.1 Å². The third kappa shape index (κ3) is 4.51. The van der Waals surface area contributed by atoms with E-state index in [9.17, 15) is 14.9 Å². The second-order valence-corrected chi connectivity index (χ2v) is 7.43. The van der Waals surface area contributed by atoms with Crippen molar-refractivity contribution in [3.05, 3.63) is 53.6 Å². The lowest BCUT2D eigenvalue weighted by atomic mass is 9.98. The lowest BCUT2D eigenvalue weighted by Crippen LogP contribution is -2.46. The number of Topliss-reactive ketones (excluding diaryl/α,β-unsaturated/α-hetero) is 1. The molecule has 1 saturated heterocycles. The van der Waals surface area contributed by atoms with E-state index in [2.05, 4.69) is 16.7 Å². The van der Waals surface area contributed by atoms with Gasteiger partial charge in [-0.1, -0.05) is 30.3 Å². The molecule has 0 spiro atoms. The number of nitrogens with zero attached hydrogens (tertiary/aromatic N) is 1. The van der Waals surface area contributed by atoms with Crippen LogP contribution in [-0.2, 0) is 16.0 Å². The molecule has 2 heterocycles. The van der Waals surface area contributed by atoms with Gasteiger partial charge in [0.15, 0.2) is 6.61 Å². The zero-order chi connectivity index (χ0) is 20.9. The van der Waals surface area contributed by atoms with Crippen LogP contribution < -0.4 is 15.4 Å². The monoisotopic (exact) mass is 405 g/mol. The zero-order valence-electron chi connectivity index (χ0n) is 16.5. The van der Waals surface area contributed by atoms with Gasteiger partial charge in [-0.25, -0.2) is 0 Å². The van der Waals surface area contributed by atoms with Crippen molar-refractivity contribution in [2.24, 2.45) is 0 Å². The van der Waals surface area contributed by atoms with Crippen molar-refractivity contribution in [1.29, 1.82) is 5.26 Å². The molecule has 154 valence electrons. The van der Waals surface area contributed by atoms with E-state index in [1.807, 2.05) is 42.5 Å². The summed E-state index contributed by atoms with van der Waals surface area (Å²) in [5.41, 5.74) is 3.45. The minimum atomic E-state index is -0.634. The van der Waals surface area contributed by atoms with Crippen molar-refractivity contribution in [2.75, 3.05) is 26.3 Å². The van der Waals surface area contributed by atoms with Gasteiger partial charge in [0.25, 0.3) is 5.91 Å². The van der Waals surface area contributed by atoms with Crippen LogP contribution in [0.1, 0.15) is 22.3 Å². The highest BCUT2D eigenvalue weighted by Gasteiger charge is 2.24. The van der Waals surface area contributed by atoms with Crippen molar-refractivity contribution in [1.82, 2.24) is 10.6 Å². The van der Waals surface area contributed by atoms with Gasteiger partial charge in [0.1, 0.15) is 17.9 Å². The Kier molecular flexibility index (Phi) is 6.07. The molecule has 2 atom stereocenters. The summed E-state index contributed by atoms with van der Waals surface area (Å²) in [5, 5.41) is 15.4. The molecule has 2 aliphatic rings. The highest BCUT2D eigenvalue weighted by Crippen LogP contribution is 2.30. The Bertz CT molecular complexity index is 973. The van der Waals surface area contributed by atoms with Gasteiger partial charge in [0, 0.05) is 19.6 Å². The fourth-order valence-corrected chi connectivity index (χ4v) is 3.62. The highest BCUT2D eigenvalue weighted by molar-refractivity contribution is 6.03. The normalized spacial score (nSPS) is 19.2. The van der Waals surface area contributed by atoms with Gasteiger partial charge in [-0.3, -0.25) is 9.59 Å². The first-order valence-electron chi connectivity index (χ1n) is 10.1. The van der Waals surface area contributed by atoms with E-state index in [1.54, 1.807) is 0 Å². The van der Waals surface area contributed by atoms with Crippen molar-refractivity contribution in [3.8, 4) is 22.9 Å². The number of fused-ring (bicyclic) bond motifs is 1. The van der Waals surface area contributed by atoms with Gasteiger partial charge in [0.2, 0.25) is 5.78 Å². The molecule has 7 nitrogen and oxygen atoms in total. The molecule has 2 aromatic carbocycles. The number of hydrogen-bond donors (Lipinski definition) is 2. The van der Waals surface area contributed by atoms with Crippen LogP contribution in [0.5, 0.6) is 5.75 Å². The molecule has 1 amide bonds. The van der Waals surface area contributed by atoms with Gasteiger partial charge in [-0.15, -0.1) is 0 Å². The summed E-state index contributed by atoms with van der Waals surface area (Å²) >= 11 is 0. The molecule has 4 rings (SSSR count). The minimum absolute atomic E-state index is 0.0103. The number of carbonyl (C=O) groups excluding carboxylic acids is 2. The quantitative estimate of drug-likeness (QED) is 0.788. The third-order valence-electron chi connectivity index (χ3n) is 5.28. The van der Waals surface area contributed by atoms with Gasteiger partial charge in [-0.2, -0.15) is 5.26 Å². The topological polar surface area (TPSA) is 100 Å². The first-order chi connectivity index (χ1) is 14.6. The maximum Gasteiger partial charge on any atom is 0.251 e. The zero-order valence-corrected chi connectivity index (χ0v) is 16.5. The molecule has 30 heavy (non-hydrogen) atoms. The number of amides is 1. The third-order valence-corrected chi connectivity index (χ3v) is 5.28. The minimum Gasteiger partial charge on any atom is -0.485 e. The summed E-state index contributed by atoms with van der Waals surface area (Å²) in [6.45, 7) is 1.90. The number of benzene rings is 2. The molecule has 2 N–H and O–H groups in total. The van der Waals surface area contributed by atoms with Gasteiger partial charge in [0.05, 0.1) is 11.6 Å². The molecule has 0 aliphatic carbocycles. The highest BCUT2D eigenvalue weighted by atomic mass is 16.5. The van der Waals surface area contributed by atoms with Gasteiger partial charge >= 0.3 is 0 Å². The average Bonchev–Trinajstić information content (AvgIpc) is 2.96. The molecule has 0 aromatic heterocycles. The molecule has 0 unspecified atom stereocenters. The lowest BCUT2D eigenvalue weighted by molar-refractivity contribution is -0.132. The van der Waals surface area contributed by atoms with Crippen LogP contribution in [0.4, 0.5) is 0 Å². The maximum atomic E-state index is 12.4. The summed E-state index contributed by atoms with van der Waals surface area (Å²) in [4.78, 5) is 24.3. The van der Waals surface area contributed by atoms with Crippen LogP contribution in [0.25, 0.3) is 11.1 Å². The van der Waals surface area contributed by atoms with Crippen LogP contribution >= 0.6 is 0 Å². The first kappa shape index (κ1) is 20.1. The Hall–Kier alpha value is -3.21. The molecule has 0 bridgehead atoms.